The van der Waals surface area contributed by atoms with Gasteiger partial charge in [0.25, 0.3) is 0 Å². The average molecular weight is 264 g/mol. The van der Waals surface area contributed by atoms with Gasteiger partial charge in [0.1, 0.15) is 10.6 Å². The summed E-state index contributed by atoms with van der Waals surface area (Å²) in [6.07, 6.45) is 1.11. The van der Waals surface area contributed by atoms with Crippen LogP contribution in [0.5, 0.6) is 0 Å². The highest BCUT2D eigenvalue weighted by molar-refractivity contribution is 7.18. The molecule has 1 atom stereocenters. The van der Waals surface area contributed by atoms with Crippen LogP contribution in [0.3, 0.4) is 0 Å². The van der Waals surface area contributed by atoms with E-state index in [2.05, 4.69) is 28.3 Å². The normalized spacial score (nSPS) is 19.5. The van der Waals surface area contributed by atoms with Crippen LogP contribution >= 0.6 is 11.3 Å². The van der Waals surface area contributed by atoms with E-state index in [0.29, 0.717) is 11.9 Å². The molecule has 0 spiro atoms. The van der Waals surface area contributed by atoms with Gasteiger partial charge in [-0.15, -0.1) is 11.3 Å². The molecule has 0 aromatic carbocycles. The van der Waals surface area contributed by atoms with Crippen molar-refractivity contribution >= 4 is 33.3 Å². The Morgan fingerprint density at radius 1 is 1.56 bits per heavy atom. The lowest BCUT2D eigenvalue weighted by atomic mass is 10.1. The van der Waals surface area contributed by atoms with E-state index in [4.69, 9.17) is 10.5 Å². The Hall–Kier alpha value is -1.40. The number of ether oxygens (including phenoxy) is 1. The second kappa shape index (κ2) is 4.70. The first kappa shape index (κ1) is 11.7. The van der Waals surface area contributed by atoms with Crippen LogP contribution < -0.4 is 11.1 Å². The first-order valence-electron chi connectivity index (χ1n) is 6.07. The Labute approximate surface area is 109 Å². The van der Waals surface area contributed by atoms with E-state index in [1.165, 1.54) is 4.88 Å². The Morgan fingerprint density at radius 3 is 3.22 bits per heavy atom. The molecule has 1 saturated heterocycles. The molecule has 2 aromatic rings. The zero-order valence-electron chi connectivity index (χ0n) is 10.3. The van der Waals surface area contributed by atoms with Gasteiger partial charge in [-0.25, -0.2) is 4.98 Å². The van der Waals surface area contributed by atoms with E-state index >= 15 is 0 Å². The molecule has 0 bridgehead atoms. The largest absolute Gasteiger partial charge is 0.381 e. The lowest BCUT2D eigenvalue weighted by Gasteiger charge is -2.10. The van der Waals surface area contributed by atoms with Crippen LogP contribution in [0.2, 0.25) is 0 Å². The van der Waals surface area contributed by atoms with Gasteiger partial charge in [-0.3, -0.25) is 0 Å². The van der Waals surface area contributed by atoms with Gasteiger partial charge in [0.2, 0.25) is 5.95 Å². The van der Waals surface area contributed by atoms with E-state index in [-0.39, 0.29) is 0 Å². The van der Waals surface area contributed by atoms with E-state index in [1.807, 2.05) is 0 Å². The monoisotopic (exact) mass is 264 g/mol. The number of nitrogens with zero attached hydrogens (tertiary/aromatic N) is 2. The summed E-state index contributed by atoms with van der Waals surface area (Å²) in [6.45, 7) is 4.64. The molecule has 0 amide bonds. The predicted octanol–water partition coefficient (Wildman–Crippen LogP) is 2.03. The quantitative estimate of drug-likeness (QED) is 0.887. The second-order valence-electron chi connectivity index (χ2n) is 4.62. The maximum Gasteiger partial charge on any atom is 0.223 e. The van der Waals surface area contributed by atoms with Crippen LogP contribution in [0, 0.1) is 12.8 Å². The SMILES string of the molecule is Cc1cc2c(NCC3CCOC3)nc(N)nc2s1. The maximum absolute atomic E-state index is 5.74. The van der Waals surface area contributed by atoms with E-state index < -0.39 is 0 Å². The minimum absolute atomic E-state index is 0.328. The molecular formula is C12H16N4OS. The summed E-state index contributed by atoms with van der Waals surface area (Å²) >= 11 is 1.64. The Kier molecular flexibility index (Phi) is 3.05. The summed E-state index contributed by atoms with van der Waals surface area (Å²) in [5.41, 5.74) is 5.74. The Balaban J connectivity index is 1.85. The molecule has 5 nitrogen and oxygen atoms in total. The zero-order valence-corrected chi connectivity index (χ0v) is 11.1. The number of aryl methyl sites for hydroxylation is 1. The number of thiophene rings is 1. The highest BCUT2D eigenvalue weighted by atomic mass is 32.1. The van der Waals surface area contributed by atoms with Crippen LogP contribution in [0.25, 0.3) is 10.2 Å². The highest BCUT2D eigenvalue weighted by Gasteiger charge is 2.16. The van der Waals surface area contributed by atoms with Crippen LogP contribution in [-0.2, 0) is 4.74 Å². The van der Waals surface area contributed by atoms with Crippen molar-refractivity contribution in [2.45, 2.75) is 13.3 Å². The Bertz CT molecular complexity index is 562. The summed E-state index contributed by atoms with van der Waals surface area (Å²) in [5.74, 6) is 1.74. The molecule has 1 unspecified atom stereocenters. The summed E-state index contributed by atoms with van der Waals surface area (Å²) < 4.78 is 5.37. The smallest absolute Gasteiger partial charge is 0.223 e. The van der Waals surface area contributed by atoms with Crippen molar-refractivity contribution in [3.63, 3.8) is 0 Å². The van der Waals surface area contributed by atoms with Crippen molar-refractivity contribution in [2.75, 3.05) is 30.8 Å². The fourth-order valence-electron chi connectivity index (χ4n) is 2.18. The molecule has 3 N–H and O–H groups in total. The molecule has 0 aliphatic carbocycles. The van der Waals surface area contributed by atoms with Crippen molar-refractivity contribution in [3.8, 4) is 0 Å². The van der Waals surface area contributed by atoms with Crippen LogP contribution in [0.1, 0.15) is 11.3 Å². The van der Waals surface area contributed by atoms with Crippen molar-refractivity contribution in [2.24, 2.45) is 5.92 Å². The van der Waals surface area contributed by atoms with Gasteiger partial charge in [-0.05, 0) is 19.4 Å². The number of nitrogen functional groups attached to an aromatic ring is 1. The first-order valence-corrected chi connectivity index (χ1v) is 6.89. The Morgan fingerprint density at radius 2 is 2.44 bits per heavy atom. The molecule has 1 aliphatic heterocycles. The van der Waals surface area contributed by atoms with Gasteiger partial charge >= 0.3 is 0 Å². The first-order chi connectivity index (χ1) is 8.72. The van der Waals surface area contributed by atoms with Gasteiger partial charge < -0.3 is 15.8 Å². The van der Waals surface area contributed by atoms with Crippen molar-refractivity contribution < 1.29 is 4.74 Å². The molecule has 3 heterocycles. The van der Waals surface area contributed by atoms with Gasteiger partial charge in [-0.2, -0.15) is 4.98 Å². The molecular weight excluding hydrogens is 248 g/mol. The zero-order chi connectivity index (χ0) is 12.5. The molecule has 0 radical (unpaired) electrons. The van der Waals surface area contributed by atoms with Crippen molar-refractivity contribution in [1.29, 1.82) is 0 Å². The van der Waals surface area contributed by atoms with E-state index in [9.17, 15) is 0 Å². The lowest BCUT2D eigenvalue weighted by Crippen LogP contribution is -2.15. The number of hydrogen-bond acceptors (Lipinski definition) is 6. The topological polar surface area (TPSA) is 73.1 Å². The number of fused-ring (bicyclic) bond motifs is 1. The van der Waals surface area contributed by atoms with Crippen molar-refractivity contribution in [3.05, 3.63) is 10.9 Å². The van der Waals surface area contributed by atoms with Gasteiger partial charge in [0.05, 0.1) is 12.0 Å². The summed E-state index contributed by atoms with van der Waals surface area (Å²) in [4.78, 5) is 10.7. The standard InChI is InChI=1S/C12H16N4OS/c1-7-4-9-10(14-5-8-2-3-17-6-8)15-12(13)16-11(9)18-7/h4,8H,2-3,5-6H2,1H3,(H3,13,14,15,16). The number of anilines is 2. The summed E-state index contributed by atoms with van der Waals surface area (Å²) in [7, 11) is 0. The van der Waals surface area contributed by atoms with Crippen LogP contribution in [-0.4, -0.2) is 29.7 Å². The minimum Gasteiger partial charge on any atom is -0.381 e. The highest BCUT2D eigenvalue weighted by Crippen LogP contribution is 2.29. The van der Waals surface area contributed by atoms with E-state index in [0.717, 1.165) is 42.2 Å². The molecule has 1 aliphatic rings. The third-order valence-corrected chi connectivity index (χ3v) is 4.06. The molecule has 3 rings (SSSR count). The maximum atomic E-state index is 5.74. The molecule has 96 valence electrons. The van der Waals surface area contributed by atoms with E-state index in [1.54, 1.807) is 11.3 Å². The number of hydrogen-bond donors (Lipinski definition) is 2. The third-order valence-electron chi connectivity index (χ3n) is 3.12. The summed E-state index contributed by atoms with van der Waals surface area (Å²) in [6, 6.07) is 2.10. The predicted molar refractivity (Wildman–Crippen MR) is 74.0 cm³/mol. The molecule has 6 heteroatoms. The fourth-order valence-corrected chi connectivity index (χ4v) is 3.07. The number of aromatic nitrogens is 2. The summed E-state index contributed by atoms with van der Waals surface area (Å²) in [5, 5.41) is 4.44. The fraction of sp³-hybridized carbons (Fsp3) is 0.500. The molecule has 18 heavy (non-hydrogen) atoms. The third kappa shape index (κ3) is 2.26. The second-order valence-corrected chi connectivity index (χ2v) is 5.85. The van der Waals surface area contributed by atoms with Crippen molar-refractivity contribution in [1.82, 2.24) is 9.97 Å². The molecule has 2 aromatic heterocycles. The lowest BCUT2D eigenvalue weighted by molar-refractivity contribution is 0.187. The molecule has 1 fully saturated rings. The van der Waals surface area contributed by atoms with Gasteiger partial charge in [0, 0.05) is 23.9 Å². The van der Waals surface area contributed by atoms with Gasteiger partial charge in [0.15, 0.2) is 0 Å². The molecule has 0 saturated carbocycles. The number of nitrogens with one attached hydrogen (secondary N) is 1. The average Bonchev–Trinajstić information content (AvgIpc) is 2.93. The van der Waals surface area contributed by atoms with Gasteiger partial charge in [-0.1, -0.05) is 0 Å². The number of rotatable bonds is 3. The van der Waals surface area contributed by atoms with Crippen LogP contribution in [0.4, 0.5) is 11.8 Å². The minimum atomic E-state index is 0.328. The van der Waals surface area contributed by atoms with Crippen LogP contribution in [0.15, 0.2) is 6.07 Å². The number of nitrogens with two attached hydrogens (primary N) is 1.